The number of carbonyl (C=O) groups excluding carboxylic acids is 1. The molecule has 1 aliphatic rings. The van der Waals surface area contributed by atoms with Crippen LogP contribution >= 0.6 is 0 Å². The molecule has 2 heterocycles. The normalized spacial score (nSPS) is 11.9. The minimum absolute atomic E-state index is 0. The number of aromatic nitrogens is 2. The van der Waals surface area contributed by atoms with Crippen molar-refractivity contribution in [1.29, 1.82) is 0 Å². The fourth-order valence-electron chi connectivity index (χ4n) is 4.10. The second kappa shape index (κ2) is 7.72. The molecule has 0 saturated heterocycles. The average molecular weight is 433 g/mol. The van der Waals surface area contributed by atoms with E-state index >= 15 is 0 Å². The summed E-state index contributed by atoms with van der Waals surface area (Å²) in [5.41, 5.74) is 6.36. The Morgan fingerprint density at radius 3 is 2.46 bits per heavy atom. The largest absolute Gasteiger partial charge is 1.00 e. The van der Waals surface area contributed by atoms with Crippen LogP contribution in [0.15, 0.2) is 73.2 Å². The Labute approximate surface area is 174 Å². The van der Waals surface area contributed by atoms with Gasteiger partial charge in [0.15, 0.2) is 18.2 Å². The summed E-state index contributed by atoms with van der Waals surface area (Å²) in [6.07, 6.45) is 9.52. The topological polar surface area (TPSA) is 36.7 Å². The zero-order chi connectivity index (χ0) is 18.2. The molecule has 0 aliphatic heterocycles. The number of unbranched alkanes of at least 4 members (excludes halogenated alkanes) is 1. The third-order valence-electron chi connectivity index (χ3n) is 5.51. The molecule has 0 atom stereocenters. The molecule has 4 heteroatoms. The van der Waals surface area contributed by atoms with E-state index in [4.69, 9.17) is 0 Å². The lowest BCUT2D eigenvalue weighted by molar-refractivity contribution is -0.697. The summed E-state index contributed by atoms with van der Waals surface area (Å²) in [6.45, 7) is 0.930. The van der Waals surface area contributed by atoms with Crippen molar-refractivity contribution in [2.75, 3.05) is 0 Å². The molecule has 140 valence electrons. The van der Waals surface area contributed by atoms with Gasteiger partial charge in [0.2, 0.25) is 0 Å². The standard InChI is InChI=1S/C24H20N2O.BrH/c27-24-21-10-2-1-9-19(21)20-12-14-26(16-22(20)24)13-6-5-7-17-15-25-23-11-4-3-8-18(17)23;/h1-4,8-12,14-16H,5-7,13H2;1H. The number of ketones is 1. The zero-order valence-electron chi connectivity index (χ0n) is 15.5. The molecule has 2 aromatic heterocycles. The summed E-state index contributed by atoms with van der Waals surface area (Å²) >= 11 is 0. The molecule has 1 aliphatic carbocycles. The number of nitrogens with zero attached hydrogens (tertiary/aromatic N) is 1. The highest BCUT2D eigenvalue weighted by Gasteiger charge is 2.28. The van der Waals surface area contributed by atoms with Gasteiger partial charge in [0, 0.05) is 40.7 Å². The summed E-state index contributed by atoms with van der Waals surface area (Å²) in [4.78, 5) is 16.0. The SMILES string of the molecule is O=C1c2ccccc2-c2cc[n+](CCCCc3c[nH]c4ccccc34)cc21.[Br-]. The van der Waals surface area contributed by atoms with Crippen LogP contribution in [0.3, 0.4) is 0 Å². The monoisotopic (exact) mass is 432 g/mol. The van der Waals surface area contributed by atoms with Crippen molar-refractivity contribution in [2.24, 2.45) is 0 Å². The molecule has 0 fully saturated rings. The van der Waals surface area contributed by atoms with Crippen molar-refractivity contribution in [3.63, 3.8) is 0 Å². The number of nitrogens with one attached hydrogen (secondary N) is 1. The molecule has 0 bridgehead atoms. The fourth-order valence-corrected chi connectivity index (χ4v) is 4.10. The van der Waals surface area contributed by atoms with Gasteiger partial charge in [0.1, 0.15) is 6.54 Å². The first-order valence-corrected chi connectivity index (χ1v) is 9.53. The number of benzene rings is 2. The molecule has 28 heavy (non-hydrogen) atoms. The Balaban J connectivity index is 0.00000192. The molecule has 5 rings (SSSR count). The maximum atomic E-state index is 12.6. The van der Waals surface area contributed by atoms with E-state index in [1.807, 2.05) is 30.5 Å². The Kier molecular flexibility index (Phi) is 5.14. The van der Waals surface area contributed by atoms with Crippen molar-refractivity contribution < 1.29 is 26.3 Å². The molecule has 0 saturated carbocycles. The molecule has 1 N–H and O–H groups in total. The minimum atomic E-state index is 0. The van der Waals surface area contributed by atoms with E-state index in [0.29, 0.717) is 0 Å². The number of hydrogen-bond donors (Lipinski definition) is 1. The molecule has 3 nitrogen and oxygen atoms in total. The highest BCUT2D eigenvalue weighted by atomic mass is 79.9. The van der Waals surface area contributed by atoms with Crippen LogP contribution in [-0.2, 0) is 13.0 Å². The van der Waals surface area contributed by atoms with Gasteiger partial charge in [-0.05, 0) is 30.0 Å². The molecule has 0 radical (unpaired) electrons. The smallest absolute Gasteiger partial charge is 0.200 e. The van der Waals surface area contributed by atoms with Gasteiger partial charge in [-0.25, -0.2) is 4.57 Å². The third-order valence-corrected chi connectivity index (χ3v) is 5.51. The quantitative estimate of drug-likeness (QED) is 0.333. The molecule has 2 aromatic carbocycles. The number of carbonyl (C=O) groups is 1. The number of pyridine rings is 1. The average Bonchev–Trinajstić information content (AvgIpc) is 3.25. The van der Waals surface area contributed by atoms with Crippen LogP contribution in [0.2, 0.25) is 0 Å². The number of H-pyrrole nitrogens is 1. The van der Waals surface area contributed by atoms with Crippen LogP contribution in [0.4, 0.5) is 0 Å². The Hall–Kier alpha value is -2.72. The Morgan fingerprint density at radius 1 is 0.821 bits per heavy atom. The van der Waals surface area contributed by atoms with Crippen LogP contribution in [0.1, 0.15) is 34.3 Å². The van der Waals surface area contributed by atoms with E-state index in [0.717, 1.165) is 48.1 Å². The van der Waals surface area contributed by atoms with Crippen molar-refractivity contribution in [3.8, 4) is 11.1 Å². The second-order valence-electron chi connectivity index (χ2n) is 7.20. The number of aryl methyl sites for hydroxylation is 2. The lowest BCUT2D eigenvalue weighted by atomic mass is 10.1. The molecule has 0 unspecified atom stereocenters. The van der Waals surface area contributed by atoms with Gasteiger partial charge in [-0.15, -0.1) is 0 Å². The minimum Gasteiger partial charge on any atom is -1.00 e. The first-order chi connectivity index (χ1) is 13.3. The summed E-state index contributed by atoms with van der Waals surface area (Å²) in [5, 5.41) is 1.33. The summed E-state index contributed by atoms with van der Waals surface area (Å²) in [6, 6.07) is 18.4. The van der Waals surface area contributed by atoms with Crippen LogP contribution in [0.5, 0.6) is 0 Å². The van der Waals surface area contributed by atoms with Crippen LogP contribution < -0.4 is 21.5 Å². The zero-order valence-corrected chi connectivity index (χ0v) is 17.1. The van der Waals surface area contributed by atoms with Crippen molar-refractivity contribution >= 4 is 16.7 Å². The number of para-hydroxylation sites is 1. The molecular weight excluding hydrogens is 412 g/mol. The Morgan fingerprint density at radius 2 is 1.57 bits per heavy atom. The van der Waals surface area contributed by atoms with Crippen molar-refractivity contribution in [3.05, 3.63) is 89.9 Å². The highest BCUT2D eigenvalue weighted by Crippen LogP contribution is 2.35. The van der Waals surface area contributed by atoms with Gasteiger partial charge in [-0.1, -0.05) is 42.5 Å². The molecule has 0 spiro atoms. The summed E-state index contributed by atoms with van der Waals surface area (Å²) < 4.78 is 2.15. The van der Waals surface area contributed by atoms with Crippen LogP contribution in [-0.4, -0.2) is 10.8 Å². The lowest BCUT2D eigenvalue weighted by Gasteiger charge is -2.01. The number of fused-ring (bicyclic) bond motifs is 4. The van der Waals surface area contributed by atoms with Crippen LogP contribution in [0, 0.1) is 0 Å². The number of rotatable bonds is 5. The number of aromatic amines is 1. The van der Waals surface area contributed by atoms with Crippen LogP contribution in [0.25, 0.3) is 22.0 Å². The molecular formula is C24H21BrN2O. The van der Waals surface area contributed by atoms with Gasteiger partial charge in [-0.3, -0.25) is 4.79 Å². The van der Waals surface area contributed by atoms with E-state index in [2.05, 4.69) is 52.3 Å². The molecule has 0 amide bonds. The van der Waals surface area contributed by atoms with E-state index in [-0.39, 0.29) is 22.8 Å². The number of halogens is 1. The highest BCUT2D eigenvalue weighted by molar-refractivity contribution is 6.21. The first kappa shape index (κ1) is 18.6. The summed E-state index contributed by atoms with van der Waals surface area (Å²) in [7, 11) is 0. The first-order valence-electron chi connectivity index (χ1n) is 9.53. The fraction of sp³-hybridized carbons (Fsp3) is 0.167. The van der Waals surface area contributed by atoms with Gasteiger partial charge >= 0.3 is 0 Å². The van der Waals surface area contributed by atoms with E-state index < -0.39 is 0 Å². The van der Waals surface area contributed by atoms with Crippen molar-refractivity contribution in [1.82, 2.24) is 4.98 Å². The predicted octanol–water partition coefficient (Wildman–Crippen LogP) is 1.69. The second-order valence-corrected chi connectivity index (χ2v) is 7.20. The lowest BCUT2D eigenvalue weighted by Crippen LogP contribution is -3.00. The van der Waals surface area contributed by atoms with E-state index in [1.54, 1.807) is 0 Å². The van der Waals surface area contributed by atoms with Gasteiger partial charge in [0.25, 0.3) is 0 Å². The van der Waals surface area contributed by atoms with Gasteiger partial charge in [-0.2, -0.15) is 0 Å². The van der Waals surface area contributed by atoms with Crippen molar-refractivity contribution in [2.45, 2.75) is 25.8 Å². The van der Waals surface area contributed by atoms with Gasteiger partial charge in [0.05, 0.1) is 5.56 Å². The van der Waals surface area contributed by atoms with E-state index in [1.165, 1.54) is 16.5 Å². The maximum absolute atomic E-state index is 12.6. The maximum Gasteiger partial charge on any atom is 0.200 e. The van der Waals surface area contributed by atoms with E-state index in [9.17, 15) is 4.79 Å². The van der Waals surface area contributed by atoms with Gasteiger partial charge < -0.3 is 22.0 Å². The molecule has 4 aromatic rings. The third kappa shape index (κ3) is 3.18. The Bertz CT molecular complexity index is 1160. The summed E-state index contributed by atoms with van der Waals surface area (Å²) in [5.74, 6) is 0.147. The predicted molar refractivity (Wildman–Crippen MR) is 107 cm³/mol. The number of hydrogen-bond acceptors (Lipinski definition) is 1.